The molecule has 0 atom stereocenters. The number of nitrogens with one attached hydrogen (secondary N) is 1. The Morgan fingerprint density at radius 1 is 1.09 bits per heavy atom. The van der Waals surface area contributed by atoms with E-state index in [9.17, 15) is 13.6 Å². The summed E-state index contributed by atoms with van der Waals surface area (Å²) >= 11 is 1.11. The highest BCUT2D eigenvalue weighted by atomic mass is 32.2. The third-order valence-corrected chi connectivity index (χ3v) is 3.80. The molecule has 2 aromatic rings. The van der Waals surface area contributed by atoms with Crippen molar-refractivity contribution in [2.45, 2.75) is 0 Å². The molecule has 1 amide bonds. The number of hydrogen-bond acceptors (Lipinski definition) is 3. The molecule has 6 heteroatoms. The van der Waals surface area contributed by atoms with Crippen molar-refractivity contribution in [2.24, 2.45) is 4.99 Å². The maximum Gasteiger partial charge on any atom is 0.264 e. The smallest absolute Gasteiger partial charge is 0.264 e. The number of aliphatic imine (C=N–C) groups is 1. The predicted octanol–water partition coefficient (Wildman–Crippen LogP) is 3.86. The Labute approximate surface area is 129 Å². The summed E-state index contributed by atoms with van der Waals surface area (Å²) in [6, 6.07) is 12.4. The number of rotatable bonds is 2. The van der Waals surface area contributed by atoms with Gasteiger partial charge in [0.15, 0.2) is 5.17 Å². The Balaban J connectivity index is 1.86. The molecule has 3 rings (SSSR count). The van der Waals surface area contributed by atoms with Gasteiger partial charge in [-0.1, -0.05) is 18.2 Å². The zero-order valence-corrected chi connectivity index (χ0v) is 12.0. The van der Waals surface area contributed by atoms with Crippen LogP contribution in [0.25, 0.3) is 6.08 Å². The molecule has 1 aliphatic heterocycles. The van der Waals surface area contributed by atoms with Gasteiger partial charge in [0.2, 0.25) is 0 Å². The summed E-state index contributed by atoms with van der Waals surface area (Å²) in [4.78, 5) is 16.5. The Morgan fingerprint density at radius 2 is 1.86 bits per heavy atom. The summed E-state index contributed by atoms with van der Waals surface area (Å²) in [5.41, 5.74) is 0.861. The van der Waals surface area contributed by atoms with Gasteiger partial charge in [-0.3, -0.25) is 4.79 Å². The molecule has 0 radical (unpaired) electrons. The highest BCUT2D eigenvalue weighted by Crippen LogP contribution is 2.28. The van der Waals surface area contributed by atoms with Crippen molar-refractivity contribution in [1.29, 1.82) is 0 Å². The van der Waals surface area contributed by atoms with Gasteiger partial charge in [0.25, 0.3) is 5.91 Å². The number of carbonyl (C=O) groups excluding carboxylic acids is 1. The van der Waals surface area contributed by atoms with Crippen molar-refractivity contribution < 1.29 is 13.6 Å². The SMILES string of the molecule is O=C1NC(=Nc2ccccc2)S/C1=C\c1ccc(F)cc1F. The highest BCUT2D eigenvalue weighted by molar-refractivity contribution is 8.18. The zero-order chi connectivity index (χ0) is 15.5. The molecule has 0 bridgehead atoms. The number of para-hydroxylation sites is 1. The van der Waals surface area contributed by atoms with E-state index in [0.717, 1.165) is 23.9 Å². The molecule has 1 fully saturated rings. The Morgan fingerprint density at radius 3 is 2.59 bits per heavy atom. The van der Waals surface area contributed by atoms with Crippen LogP contribution in [-0.2, 0) is 4.79 Å². The standard InChI is InChI=1S/C16H10F2N2OS/c17-11-7-6-10(13(18)9-11)8-14-15(21)20-16(22-14)19-12-4-2-1-3-5-12/h1-9H,(H,19,20,21)/b14-8-. The molecule has 0 saturated carbocycles. The quantitative estimate of drug-likeness (QED) is 0.855. The Bertz CT molecular complexity index is 788. The lowest BCUT2D eigenvalue weighted by Gasteiger charge is -1.97. The van der Waals surface area contributed by atoms with Crippen LogP contribution in [0.4, 0.5) is 14.5 Å². The fraction of sp³-hybridized carbons (Fsp3) is 0. The molecule has 0 aromatic heterocycles. The minimum absolute atomic E-state index is 0.153. The number of thioether (sulfide) groups is 1. The van der Waals surface area contributed by atoms with E-state index in [0.29, 0.717) is 15.8 Å². The third kappa shape index (κ3) is 3.23. The summed E-state index contributed by atoms with van der Waals surface area (Å²) < 4.78 is 26.5. The lowest BCUT2D eigenvalue weighted by molar-refractivity contribution is -0.115. The van der Waals surface area contributed by atoms with E-state index >= 15 is 0 Å². The first-order valence-electron chi connectivity index (χ1n) is 6.41. The summed E-state index contributed by atoms with van der Waals surface area (Å²) in [5.74, 6) is -1.73. The molecule has 0 unspecified atom stereocenters. The van der Waals surface area contributed by atoms with E-state index in [4.69, 9.17) is 0 Å². The fourth-order valence-corrected chi connectivity index (χ4v) is 2.69. The van der Waals surface area contributed by atoms with Crippen LogP contribution in [0.5, 0.6) is 0 Å². The van der Waals surface area contributed by atoms with Gasteiger partial charge in [0.1, 0.15) is 11.6 Å². The molecule has 1 aliphatic rings. The van der Waals surface area contributed by atoms with Crippen LogP contribution in [0.3, 0.4) is 0 Å². The van der Waals surface area contributed by atoms with E-state index < -0.39 is 11.6 Å². The fourth-order valence-electron chi connectivity index (χ4n) is 1.86. The monoisotopic (exact) mass is 316 g/mol. The molecule has 1 N–H and O–H groups in total. The number of carbonyl (C=O) groups is 1. The minimum atomic E-state index is -0.714. The van der Waals surface area contributed by atoms with Gasteiger partial charge in [0.05, 0.1) is 10.6 Å². The van der Waals surface area contributed by atoms with Gasteiger partial charge in [-0.2, -0.15) is 0 Å². The summed E-state index contributed by atoms with van der Waals surface area (Å²) in [6.45, 7) is 0. The van der Waals surface area contributed by atoms with Crippen molar-refractivity contribution in [3.8, 4) is 0 Å². The topological polar surface area (TPSA) is 41.5 Å². The Kier molecular flexibility index (Phi) is 4.02. The molecule has 0 spiro atoms. The van der Waals surface area contributed by atoms with Crippen LogP contribution in [0.1, 0.15) is 5.56 Å². The van der Waals surface area contributed by atoms with Crippen molar-refractivity contribution in [2.75, 3.05) is 0 Å². The van der Waals surface area contributed by atoms with Gasteiger partial charge in [0, 0.05) is 11.6 Å². The van der Waals surface area contributed by atoms with E-state index in [1.807, 2.05) is 18.2 Å². The molecule has 0 aliphatic carbocycles. The summed E-state index contributed by atoms with van der Waals surface area (Å²) in [7, 11) is 0. The number of nitrogens with zero attached hydrogens (tertiary/aromatic N) is 1. The lowest BCUT2D eigenvalue weighted by atomic mass is 10.2. The first-order valence-corrected chi connectivity index (χ1v) is 7.23. The average molecular weight is 316 g/mol. The van der Waals surface area contributed by atoms with Crippen molar-refractivity contribution in [1.82, 2.24) is 5.32 Å². The van der Waals surface area contributed by atoms with E-state index in [2.05, 4.69) is 10.3 Å². The van der Waals surface area contributed by atoms with E-state index in [1.54, 1.807) is 12.1 Å². The van der Waals surface area contributed by atoms with Crippen molar-refractivity contribution in [3.05, 3.63) is 70.6 Å². The number of benzene rings is 2. The normalized spacial score (nSPS) is 18.0. The Hall–Kier alpha value is -2.47. The van der Waals surface area contributed by atoms with Gasteiger partial charge < -0.3 is 5.32 Å². The number of amidine groups is 1. The van der Waals surface area contributed by atoms with Crippen LogP contribution in [0, 0.1) is 11.6 Å². The zero-order valence-electron chi connectivity index (χ0n) is 11.2. The second-order valence-electron chi connectivity index (χ2n) is 4.48. The lowest BCUT2D eigenvalue weighted by Crippen LogP contribution is -2.19. The van der Waals surface area contributed by atoms with Crippen LogP contribution in [0.15, 0.2) is 58.4 Å². The van der Waals surface area contributed by atoms with Gasteiger partial charge >= 0.3 is 0 Å². The maximum atomic E-state index is 13.6. The molecule has 22 heavy (non-hydrogen) atoms. The van der Waals surface area contributed by atoms with Gasteiger partial charge in [-0.05, 0) is 42.1 Å². The summed E-state index contributed by atoms with van der Waals surface area (Å²) in [6.07, 6.45) is 1.38. The van der Waals surface area contributed by atoms with Crippen LogP contribution in [0.2, 0.25) is 0 Å². The highest BCUT2D eigenvalue weighted by Gasteiger charge is 2.24. The van der Waals surface area contributed by atoms with Crippen molar-refractivity contribution >= 4 is 34.6 Å². The van der Waals surface area contributed by atoms with Crippen LogP contribution in [-0.4, -0.2) is 11.1 Å². The first-order chi connectivity index (χ1) is 10.6. The number of hydrogen-bond donors (Lipinski definition) is 1. The molecular weight excluding hydrogens is 306 g/mol. The van der Waals surface area contributed by atoms with Gasteiger partial charge in [-0.15, -0.1) is 0 Å². The third-order valence-electron chi connectivity index (χ3n) is 2.89. The van der Waals surface area contributed by atoms with Gasteiger partial charge in [-0.25, -0.2) is 13.8 Å². The average Bonchev–Trinajstić information content (AvgIpc) is 2.83. The minimum Gasteiger partial charge on any atom is -0.300 e. The molecule has 1 heterocycles. The second-order valence-corrected chi connectivity index (χ2v) is 5.51. The second kappa shape index (κ2) is 6.11. The summed E-state index contributed by atoms with van der Waals surface area (Å²) in [5, 5.41) is 3.03. The number of amides is 1. The maximum absolute atomic E-state index is 13.6. The predicted molar refractivity (Wildman–Crippen MR) is 83.6 cm³/mol. The van der Waals surface area contributed by atoms with Crippen LogP contribution < -0.4 is 5.32 Å². The number of halogens is 2. The first kappa shape index (κ1) is 14.5. The molecular formula is C16H10F2N2OS. The molecule has 110 valence electrons. The molecule has 2 aromatic carbocycles. The van der Waals surface area contributed by atoms with Crippen LogP contribution >= 0.6 is 11.8 Å². The van der Waals surface area contributed by atoms with E-state index in [-0.39, 0.29) is 11.5 Å². The molecule has 1 saturated heterocycles. The largest absolute Gasteiger partial charge is 0.300 e. The van der Waals surface area contributed by atoms with Crippen molar-refractivity contribution in [3.63, 3.8) is 0 Å². The van der Waals surface area contributed by atoms with E-state index in [1.165, 1.54) is 12.1 Å². The molecule has 3 nitrogen and oxygen atoms in total.